The molecule has 3 nitrogen and oxygen atoms in total. The molecule has 1 rings (SSSR count). The van der Waals surface area contributed by atoms with Crippen LogP contribution in [0.4, 0.5) is 10.1 Å². The van der Waals surface area contributed by atoms with E-state index < -0.39 is 0 Å². The number of nitrogens with zero attached hydrogens (tertiary/aromatic N) is 1. The van der Waals surface area contributed by atoms with E-state index >= 15 is 0 Å². The van der Waals surface area contributed by atoms with Crippen molar-refractivity contribution in [3.63, 3.8) is 0 Å². The van der Waals surface area contributed by atoms with Crippen LogP contribution in [0, 0.1) is 5.82 Å². The summed E-state index contributed by atoms with van der Waals surface area (Å²) >= 11 is 0. The Hall–Kier alpha value is -1.13. The molecule has 0 aromatic heterocycles. The largest absolute Gasteiger partial charge is 0.383 e. The zero-order chi connectivity index (χ0) is 15.0. The number of nitrogens with two attached hydrogens (primary N) is 1. The van der Waals surface area contributed by atoms with Gasteiger partial charge in [-0.3, -0.25) is 0 Å². The lowest BCUT2D eigenvalue weighted by Crippen LogP contribution is -2.38. The zero-order valence-corrected chi connectivity index (χ0v) is 12.9. The van der Waals surface area contributed by atoms with Gasteiger partial charge in [0, 0.05) is 19.7 Å². The second kappa shape index (κ2) is 8.93. The van der Waals surface area contributed by atoms with E-state index in [9.17, 15) is 4.39 Å². The van der Waals surface area contributed by atoms with Crippen molar-refractivity contribution in [2.24, 2.45) is 5.73 Å². The minimum Gasteiger partial charge on any atom is -0.383 e. The van der Waals surface area contributed by atoms with Gasteiger partial charge in [0.05, 0.1) is 12.3 Å². The molecule has 0 saturated carbocycles. The van der Waals surface area contributed by atoms with Crippen LogP contribution in [0.1, 0.15) is 32.3 Å². The number of anilines is 1. The first-order chi connectivity index (χ1) is 9.69. The third-order valence-electron chi connectivity index (χ3n) is 3.69. The van der Waals surface area contributed by atoms with Crippen LogP contribution in [0.25, 0.3) is 0 Å². The summed E-state index contributed by atoms with van der Waals surface area (Å²) in [5, 5.41) is 0. The topological polar surface area (TPSA) is 38.5 Å². The summed E-state index contributed by atoms with van der Waals surface area (Å²) in [7, 11) is 1.67. The van der Waals surface area contributed by atoms with E-state index in [2.05, 4.69) is 18.7 Å². The highest BCUT2D eigenvalue weighted by molar-refractivity contribution is 5.56. The molecule has 0 unspecified atom stereocenters. The van der Waals surface area contributed by atoms with Crippen molar-refractivity contribution in [1.29, 1.82) is 0 Å². The van der Waals surface area contributed by atoms with E-state index in [1.54, 1.807) is 13.2 Å². The van der Waals surface area contributed by atoms with Gasteiger partial charge in [0.1, 0.15) is 5.82 Å². The van der Waals surface area contributed by atoms with Gasteiger partial charge in [-0.15, -0.1) is 0 Å². The van der Waals surface area contributed by atoms with Crippen LogP contribution in [0.3, 0.4) is 0 Å². The first-order valence-electron chi connectivity index (χ1n) is 7.42. The zero-order valence-electron chi connectivity index (χ0n) is 12.9. The van der Waals surface area contributed by atoms with Gasteiger partial charge in [0.25, 0.3) is 0 Å². The minimum absolute atomic E-state index is 0.168. The van der Waals surface area contributed by atoms with Crippen molar-refractivity contribution in [3.05, 3.63) is 29.6 Å². The van der Waals surface area contributed by atoms with Crippen LogP contribution < -0.4 is 10.6 Å². The third kappa shape index (κ3) is 4.18. The first kappa shape index (κ1) is 16.9. The van der Waals surface area contributed by atoms with E-state index in [0.29, 0.717) is 37.8 Å². The molecule has 1 aromatic rings. The van der Waals surface area contributed by atoms with Gasteiger partial charge in [-0.05, 0) is 37.4 Å². The molecule has 0 spiro atoms. The Kier molecular flexibility index (Phi) is 7.55. The fourth-order valence-electron chi connectivity index (χ4n) is 2.63. The van der Waals surface area contributed by atoms with Crippen LogP contribution in [0.2, 0.25) is 0 Å². The average molecular weight is 282 g/mol. The van der Waals surface area contributed by atoms with Gasteiger partial charge in [0.15, 0.2) is 0 Å². The van der Waals surface area contributed by atoms with E-state index in [1.165, 1.54) is 6.07 Å². The molecule has 0 aliphatic heterocycles. The van der Waals surface area contributed by atoms with E-state index in [-0.39, 0.29) is 5.82 Å². The van der Waals surface area contributed by atoms with Gasteiger partial charge in [0.2, 0.25) is 0 Å². The highest BCUT2D eigenvalue weighted by Gasteiger charge is 2.21. The predicted octanol–water partition coefficient (Wildman–Crippen LogP) is 2.97. The third-order valence-corrected chi connectivity index (χ3v) is 3.69. The Morgan fingerprint density at radius 2 is 2.00 bits per heavy atom. The summed E-state index contributed by atoms with van der Waals surface area (Å²) in [4.78, 5) is 2.14. The molecular weight excluding hydrogens is 255 g/mol. The van der Waals surface area contributed by atoms with Crippen molar-refractivity contribution in [3.8, 4) is 0 Å². The number of ether oxygens (including phenoxy) is 1. The summed E-state index contributed by atoms with van der Waals surface area (Å²) in [5.74, 6) is -0.168. The van der Waals surface area contributed by atoms with Crippen LogP contribution in [0.5, 0.6) is 0 Å². The number of hydrogen-bond donors (Lipinski definition) is 1. The van der Waals surface area contributed by atoms with Crippen molar-refractivity contribution in [1.82, 2.24) is 0 Å². The molecule has 1 aromatic carbocycles. The number of para-hydroxylation sites is 1. The SMILES string of the molecule is CCC(CC)N(CCOC)c1c(F)cccc1CCN. The molecule has 20 heavy (non-hydrogen) atoms. The first-order valence-corrected chi connectivity index (χ1v) is 7.42. The maximum atomic E-state index is 14.4. The molecule has 0 atom stereocenters. The molecule has 114 valence electrons. The highest BCUT2D eigenvalue weighted by atomic mass is 19.1. The molecule has 0 aliphatic carbocycles. The second-order valence-electron chi connectivity index (χ2n) is 4.94. The molecular formula is C16H27FN2O. The molecule has 0 aliphatic rings. The highest BCUT2D eigenvalue weighted by Crippen LogP contribution is 2.28. The molecule has 2 N–H and O–H groups in total. The van der Waals surface area contributed by atoms with Gasteiger partial charge in [-0.2, -0.15) is 0 Å². The second-order valence-corrected chi connectivity index (χ2v) is 4.94. The van der Waals surface area contributed by atoms with Crippen LogP contribution in [-0.4, -0.2) is 32.8 Å². The lowest BCUT2D eigenvalue weighted by molar-refractivity contribution is 0.202. The molecule has 0 bridgehead atoms. The molecule has 0 amide bonds. The number of methoxy groups -OCH3 is 1. The Bertz CT molecular complexity index is 394. The minimum atomic E-state index is -0.168. The Morgan fingerprint density at radius 1 is 1.30 bits per heavy atom. The van der Waals surface area contributed by atoms with Crippen LogP contribution >= 0.6 is 0 Å². The van der Waals surface area contributed by atoms with E-state index in [1.807, 2.05) is 6.07 Å². The molecule has 0 radical (unpaired) electrons. The summed E-state index contributed by atoms with van der Waals surface area (Å²) < 4.78 is 19.5. The summed E-state index contributed by atoms with van der Waals surface area (Å²) in [6, 6.07) is 5.56. The normalized spacial score (nSPS) is 11.1. The van der Waals surface area contributed by atoms with E-state index in [4.69, 9.17) is 10.5 Å². The Balaban J connectivity index is 3.16. The standard InChI is InChI=1S/C16H27FN2O/c1-4-14(5-2)19(11-12-20-3)16-13(9-10-18)7-6-8-15(16)17/h6-8,14H,4-5,9-12,18H2,1-3H3. The number of benzene rings is 1. The molecule has 0 saturated heterocycles. The smallest absolute Gasteiger partial charge is 0.146 e. The lowest BCUT2D eigenvalue weighted by atomic mass is 10.0. The molecule has 0 fully saturated rings. The maximum Gasteiger partial charge on any atom is 0.146 e. The Morgan fingerprint density at radius 3 is 2.55 bits per heavy atom. The van der Waals surface area contributed by atoms with Crippen molar-refractivity contribution in [2.45, 2.75) is 39.2 Å². The number of hydrogen-bond acceptors (Lipinski definition) is 3. The van der Waals surface area contributed by atoms with E-state index in [0.717, 1.165) is 18.4 Å². The van der Waals surface area contributed by atoms with Gasteiger partial charge >= 0.3 is 0 Å². The number of rotatable bonds is 9. The van der Waals surface area contributed by atoms with Gasteiger partial charge < -0.3 is 15.4 Å². The monoisotopic (exact) mass is 282 g/mol. The summed E-state index contributed by atoms with van der Waals surface area (Å²) in [6.45, 7) is 6.08. The van der Waals surface area contributed by atoms with Gasteiger partial charge in [-0.1, -0.05) is 26.0 Å². The van der Waals surface area contributed by atoms with Crippen molar-refractivity contribution in [2.75, 3.05) is 31.7 Å². The molecule has 4 heteroatoms. The fourth-order valence-corrected chi connectivity index (χ4v) is 2.63. The fraction of sp³-hybridized carbons (Fsp3) is 0.625. The van der Waals surface area contributed by atoms with Crippen molar-refractivity contribution < 1.29 is 9.13 Å². The molecule has 0 heterocycles. The van der Waals surface area contributed by atoms with Crippen LogP contribution in [0.15, 0.2) is 18.2 Å². The van der Waals surface area contributed by atoms with Crippen molar-refractivity contribution >= 4 is 5.69 Å². The van der Waals surface area contributed by atoms with Gasteiger partial charge in [-0.25, -0.2) is 4.39 Å². The predicted molar refractivity (Wildman–Crippen MR) is 82.8 cm³/mol. The number of halogens is 1. The summed E-state index contributed by atoms with van der Waals surface area (Å²) in [5.41, 5.74) is 7.34. The lowest BCUT2D eigenvalue weighted by Gasteiger charge is -2.34. The quantitative estimate of drug-likeness (QED) is 0.757. The average Bonchev–Trinajstić information content (AvgIpc) is 2.45. The van der Waals surface area contributed by atoms with Crippen LogP contribution in [-0.2, 0) is 11.2 Å². The maximum absolute atomic E-state index is 14.4. The Labute approximate surface area is 121 Å². The summed E-state index contributed by atoms with van der Waals surface area (Å²) in [6.07, 6.45) is 2.66.